The average Bonchev–Trinajstić information content (AvgIpc) is 3.14. The zero-order chi connectivity index (χ0) is 19.7. The van der Waals surface area contributed by atoms with Crippen molar-refractivity contribution in [3.8, 4) is 0 Å². The lowest BCUT2D eigenvalue weighted by atomic mass is 10.2. The Morgan fingerprint density at radius 3 is 2.57 bits per heavy atom. The Morgan fingerprint density at radius 2 is 1.89 bits per heavy atom. The van der Waals surface area contributed by atoms with Gasteiger partial charge < -0.3 is 20.9 Å². The van der Waals surface area contributed by atoms with Crippen LogP contribution < -0.4 is 21.5 Å². The number of nitrogens with zero attached hydrogens (tertiary/aromatic N) is 2. The van der Waals surface area contributed by atoms with Crippen molar-refractivity contribution in [1.29, 1.82) is 0 Å². The second-order valence-electron chi connectivity index (χ2n) is 6.50. The van der Waals surface area contributed by atoms with Gasteiger partial charge in [0.05, 0.1) is 11.1 Å². The molecule has 0 aliphatic carbocycles. The molecule has 0 radical (unpaired) electrons. The molecule has 1 saturated heterocycles. The Morgan fingerprint density at radius 1 is 1.11 bits per heavy atom. The van der Waals surface area contributed by atoms with Crippen molar-refractivity contribution in [3.05, 3.63) is 52.4 Å². The summed E-state index contributed by atoms with van der Waals surface area (Å²) >= 11 is 0. The summed E-state index contributed by atoms with van der Waals surface area (Å²) in [5.74, 6) is 0.571. The number of benzene rings is 1. The van der Waals surface area contributed by atoms with Gasteiger partial charge in [-0.25, -0.2) is 4.98 Å². The van der Waals surface area contributed by atoms with Crippen LogP contribution in [0, 0.1) is 0 Å². The summed E-state index contributed by atoms with van der Waals surface area (Å²) in [7, 11) is 0. The Balaban J connectivity index is 1.70. The van der Waals surface area contributed by atoms with Gasteiger partial charge in [0.2, 0.25) is 5.95 Å². The van der Waals surface area contributed by atoms with E-state index in [0.29, 0.717) is 17.2 Å². The summed E-state index contributed by atoms with van der Waals surface area (Å²) in [5, 5.41) is 9.62. The van der Waals surface area contributed by atoms with Crippen molar-refractivity contribution in [3.63, 3.8) is 0 Å². The first kappa shape index (κ1) is 18.2. The fourth-order valence-electron chi connectivity index (χ4n) is 3.09. The second kappa shape index (κ2) is 7.12. The summed E-state index contributed by atoms with van der Waals surface area (Å²) in [6.45, 7) is 1.67. The molecule has 3 heterocycles. The molecule has 0 amide bonds. The summed E-state index contributed by atoms with van der Waals surface area (Å²) in [5.41, 5.74) is -0.327. The van der Waals surface area contributed by atoms with Crippen LogP contribution in [0.4, 0.5) is 30.6 Å². The van der Waals surface area contributed by atoms with Crippen LogP contribution >= 0.6 is 0 Å². The molecular formula is C18H17F3N6O. The highest BCUT2D eigenvalue weighted by Gasteiger charge is 2.30. The summed E-state index contributed by atoms with van der Waals surface area (Å²) in [4.78, 5) is 23.6. The second-order valence-corrected chi connectivity index (χ2v) is 6.50. The predicted molar refractivity (Wildman–Crippen MR) is 99.8 cm³/mol. The van der Waals surface area contributed by atoms with E-state index in [1.54, 1.807) is 6.07 Å². The Bertz CT molecular complexity index is 1040. The minimum Gasteiger partial charge on any atom is -0.350 e. The number of H-pyrrole nitrogens is 1. The molecule has 3 aromatic rings. The van der Waals surface area contributed by atoms with Crippen LogP contribution in [0.1, 0.15) is 12.0 Å². The number of aromatic amines is 1. The number of halogens is 3. The maximum absolute atomic E-state index is 12.8. The molecule has 146 valence electrons. The van der Waals surface area contributed by atoms with Crippen LogP contribution in [0.25, 0.3) is 10.9 Å². The number of hydrogen-bond donors (Lipinski definition) is 4. The van der Waals surface area contributed by atoms with Gasteiger partial charge in [0.15, 0.2) is 0 Å². The molecule has 28 heavy (non-hydrogen) atoms. The SMILES string of the molecule is O=c1[nH]ccc2nc(N[C@H]3CCNC3)nc(Nc3ccc(C(F)(F)F)cc3)c12. The molecule has 10 heteroatoms. The van der Waals surface area contributed by atoms with Crippen LogP contribution in [0.3, 0.4) is 0 Å². The molecule has 4 rings (SSSR count). The van der Waals surface area contributed by atoms with E-state index in [1.807, 2.05) is 0 Å². The number of aromatic nitrogens is 3. The Kier molecular flexibility index (Phi) is 4.63. The Hall–Kier alpha value is -3.14. The van der Waals surface area contributed by atoms with Crippen molar-refractivity contribution in [1.82, 2.24) is 20.3 Å². The van der Waals surface area contributed by atoms with Gasteiger partial charge in [-0.3, -0.25) is 4.79 Å². The van der Waals surface area contributed by atoms with Crippen LogP contribution in [0.5, 0.6) is 0 Å². The summed E-state index contributed by atoms with van der Waals surface area (Å²) in [6.07, 6.45) is -2.01. The van der Waals surface area contributed by atoms with Gasteiger partial charge in [0, 0.05) is 24.5 Å². The highest BCUT2D eigenvalue weighted by atomic mass is 19.4. The number of rotatable bonds is 4. The van der Waals surface area contributed by atoms with Gasteiger partial charge >= 0.3 is 6.18 Å². The number of hydrogen-bond acceptors (Lipinski definition) is 6. The minimum atomic E-state index is -4.41. The molecule has 1 aliphatic heterocycles. The van der Waals surface area contributed by atoms with Crippen molar-refractivity contribution in [2.75, 3.05) is 23.7 Å². The zero-order valence-electron chi connectivity index (χ0n) is 14.6. The smallest absolute Gasteiger partial charge is 0.350 e. The highest BCUT2D eigenvalue weighted by Crippen LogP contribution is 2.31. The Labute approximate surface area is 157 Å². The van der Waals surface area contributed by atoms with E-state index in [0.717, 1.165) is 31.6 Å². The number of anilines is 3. The largest absolute Gasteiger partial charge is 0.416 e. The summed E-state index contributed by atoms with van der Waals surface area (Å²) < 4.78 is 38.3. The van der Waals surface area contributed by atoms with E-state index in [9.17, 15) is 18.0 Å². The van der Waals surface area contributed by atoms with Crippen LogP contribution in [-0.4, -0.2) is 34.1 Å². The number of alkyl halides is 3. The molecule has 1 aliphatic rings. The topological polar surface area (TPSA) is 94.7 Å². The van der Waals surface area contributed by atoms with E-state index in [-0.39, 0.29) is 22.8 Å². The van der Waals surface area contributed by atoms with Gasteiger partial charge in [-0.2, -0.15) is 18.2 Å². The predicted octanol–water partition coefficient (Wildman–Crippen LogP) is 2.85. The van der Waals surface area contributed by atoms with Gasteiger partial charge in [0.25, 0.3) is 5.56 Å². The standard InChI is InChI=1S/C18H17F3N6O/c19-18(20,21)10-1-3-11(4-2-10)24-15-14-13(6-8-23-16(14)28)26-17(27-15)25-12-5-7-22-9-12/h1-4,6,8,12,22H,5,7,9H2,(H,23,28)(H2,24,25,26,27)/t12-/m0/s1. The van der Waals surface area contributed by atoms with Crippen LogP contribution in [0.15, 0.2) is 41.3 Å². The molecule has 1 aromatic carbocycles. The molecule has 0 bridgehead atoms. The lowest BCUT2D eigenvalue weighted by Crippen LogP contribution is -2.24. The van der Waals surface area contributed by atoms with Crippen molar-refractivity contribution in [2.45, 2.75) is 18.6 Å². The maximum Gasteiger partial charge on any atom is 0.416 e. The number of fused-ring (bicyclic) bond motifs is 1. The third kappa shape index (κ3) is 3.77. The van der Waals surface area contributed by atoms with Gasteiger partial charge in [-0.15, -0.1) is 0 Å². The van der Waals surface area contributed by atoms with Gasteiger partial charge in [-0.05, 0) is 43.3 Å². The zero-order valence-corrected chi connectivity index (χ0v) is 14.6. The monoisotopic (exact) mass is 390 g/mol. The maximum atomic E-state index is 12.8. The first-order valence-electron chi connectivity index (χ1n) is 8.71. The lowest BCUT2D eigenvalue weighted by molar-refractivity contribution is -0.137. The molecule has 1 atom stereocenters. The minimum absolute atomic E-state index is 0.165. The number of nitrogens with one attached hydrogen (secondary N) is 4. The van der Waals surface area contributed by atoms with E-state index >= 15 is 0 Å². The molecule has 1 fully saturated rings. The molecule has 0 saturated carbocycles. The lowest BCUT2D eigenvalue weighted by Gasteiger charge is -2.14. The van der Waals surface area contributed by atoms with E-state index in [2.05, 4.69) is 30.9 Å². The number of pyridine rings is 1. The molecule has 2 aromatic heterocycles. The fourth-order valence-corrected chi connectivity index (χ4v) is 3.09. The third-order valence-corrected chi connectivity index (χ3v) is 4.49. The third-order valence-electron chi connectivity index (χ3n) is 4.49. The van der Waals surface area contributed by atoms with E-state index in [1.165, 1.54) is 18.3 Å². The van der Waals surface area contributed by atoms with Crippen molar-refractivity contribution < 1.29 is 13.2 Å². The molecular weight excluding hydrogens is 373 g/mol. The van der Waals surface area contributed by atoms with Crippen molar-refractivity contribution >= 4 is 28.4 Å². The normalized spacial score (nSPS) is 17.0. The van der Waals surface area contributed by atoms with Gasteiger partial charge in [0.1, 0.15) is 11.2 Å². The average molecular weight is 390 g/mol. The molecule has 0 unspecified atom stereocenters. The summed E-state index contributed by atoms with van der Waals surface area (Å²) in [6, 6.07) is 6.34. The first-order chi connectivity index (χ1) is 13.4. The first-order valence-corrected chi connectivity index (χ1v) is 8.71. The highest BCUT2D eigenvalue weighted by molar-refractivity contribution is 5.90. The molecule has 7 nitrogen and oxygen atoms in total. The van der Waals surface area contributed by atoms with Crippen LogP contribution in [-0.2, 0) is 6.18 Å². The van der Waals surface area contributed by atoms with Gasteiger partial charge in [-0.1, -0.05) is 0 Å². The fraction of sp³-hybridized carbons (Fsp3) is 0.278. The van der Waals surface area contributed by atoms with E-state index in [4.69, 9.17) is 0 Å². The van der Waals surface area contributed by atoms with E-state index < -0.39 is 11.7 Å². The molecule has 0 spiro atoms. The van der Waals surface area contributed by atoms with Crippen molar-refractivity contribution in [2.24, 2.45) is 0 Å². The quantitative estimate of drug-likeness (QED) is 0.547. The van der Waals surface area contributed by atoms with Crippen LogP contribution in [0.2, 0.25) is 0 Å². The molecule has 4 N–H and O–H groups in total.